The van der Waals surface area contributed by atoms with Gasteiger partial charge in [-0.3, -0.25) is 0 Å². The Morgan fingerprint density at radius 2 is 2.17 bits per heavy atom. The molecule has 0 aromatic heterocycles. The van der Waals surface area contributed by atoms with E-state index in [-0.39, 0.29) is 23.9 Å². The molecule has 0 saturated carbocycles. The number of piperidine rings is 1. The van der Waals surface area contributed by atoms with E-state index < -0.39 is 0 Å². The number of hydrogen-bond donors (Lipinski definition) is 2. The minimum atomic E-state index is -0.356. The van der Waals surface area contributed by atoms with E-state index in [0.29, 0.717) is 25.2 Å². The van der Waals surface area contributed by atoms with Crippen LogP contribution in [0.25, 0.3) is 0 Å². The van der Waals surface area contributed by atoms with Crippen molar-refractivity contribution in [1.82, 2.24) is 0 Å². The molecule has 3 unspecified atom stereocenters. The van der Waals surface area contributed by atoms with Gasteiger partial charge in [-0.1, -0.05) is 19.1 Å². The fourth-order valence-electron chi connectivity index (χ4n) is 2.70. The summed E-state index contributed by atoms with van der Waals surface area (Å²) in [7, 11) is 0. The predicted octanol–water partition coefficient (Wildman–Crippen LogP) is 1.75. The van der Waals surface area contributed by atoms with Crippen LogP contribution in [0.1, 0.15) is 19.8 Å². The number of benzene rings is 1. The predicted molar refractivity (Wildman–Crippen MR) is 71.0 cm³/mol. The van der Waals surface area contributed by atoms with Crippen LogP contribution in [0.5, 0.6) is 0 Å². The smallest absolute Gasteiger partial charge is 0.146 e. The molecule has 0 amide bonds. The lowest BCUT2D eigenvalue weighted by atomic mass is 9.88. The van der Waals surface area contributed by atoms with Gasteiger partial charge in [0, 0.05) is 25.0 Å². The van der Waals surface area contributed by atoms with Crippen molar-refractivity contribution in [3.63, 3.8) is 0 Å². The molecular weight excluding hydrogens is 231 g/mol. The molecule has 1 heterocycles. The van der Waals surface area contributed by atoms with E-state index in [4.69, 9.17) is 5.73 Å². The van der Waals surface area contributed by atoms with Crippen molar-refractivity contribution in [2.75, 3.05) is 18.0 Å². The van der Waals surface area contributed by atoms with E-state index in [1.54, 1.807) is 12.1 Å². The van der Waals surface area contributed by atoms with Gasteiger partial charge in [0.1, 0.15) is 5.82 Å². The summed E-state index contributed by atoms with van der Waals surface area (Å²) in [5.74, 6) is -0.102. The number of aliphatic hydroxyl groups is 1. The molecule has 1 aromatic rings. The maximum absolute atomic E-state index is 13.8. The normalized spacial score (nSPS) is 26.1. The quantitative estimate of drug-likeness (QED) is 0.861. The second-order valence-electron chi connectivity index (χ2n) is 5.09. The zero-order valence-corrected chi connectivity index (χ0v) is 10.7. The minimum Gasteiger partial charge on any atom is -0.393 e. The number of aliphatic hydroxyl groups excluding tert-OH is 1. The second-order valence-corrected chi connectivity index (χ2v) is 5.09. The summed E-state index contributed by atoms with van der Waals surface area (Å²) in [5, 5.41) is 9.96. The summed E-state index contributed by atoms with van der Waals surface area (Å²) in [6.07, 6.45) is 1.16. The molecule has 0 aliphatic carbocycles. The van der Waals surface area contributed by atoms with E-state index in [0.717, 1.165) is 6.42 Å². The molecule has 3 N–H and O–H groups in total. The van der Waals surface area contributed by atoms with Gasteiger partial charge in [-0.15, -0.1) is 0 Å². The molecule has 0 bridgehead atoms. The highest BCUT2D eigenvalue weighted by molar-refractivity contribution is 5.48. The molecule has 0 radical (unpaired) electrons. The van der Waals surface area contributed by atoms with Crippen LogP contribution in [-0.2, 0) is 0 Å². The number of nitrogens with two attached hydrogens (primary N) is 1. The SMILES string of the molecule is CCC(O)C1CC(N)CN(c2ccccc2F)C1. The molecule has 2 rings (SSSR count). The molecule has 4 heteroatoms. The Morgan fingerprint density at radius 1 is 1.44 bits per heavy atom. The maximum atomic E-state index is 13.8. The van der Waals surface area contributed by atoms with Crippen molar-refractivity contribution >= 4 is 5.69 Å². The lowest BCUT2D eigenvalue weighted by molar-refractivity contribution is 0.0900. The summed E-state index contributed by atoms with van der Waals surface area (Å²) in [4.78, 5) is 1.95. The van der Waals surface area contributed by atoms with E-state index in [1.165, 1.54) is 6.07 Å². The second kappa shape index (κ2) is 5.67. The van der Waals surface area contributed by atoms with Gasteiger partial charge in [0.15, 0.2) is 0 Å². The van der Waals surface area contributed by atoms with Gasteiger partial charge in [0.25, 0.3) is 0 Å². The molecule has 1 aliphatic heterocycles. The average Bonchev–Trinajstić information content (AvgIpc) is 2.37. The molecule has 1 saturated heterocycles. The topological polar surface area (TPSA) is 49.5 Å². The summed E-state index contributed by atoms with van der Waals surface area (Å²) >= 11 is 0. The van der Waals surface area contributed by atoms with Crippen LogP contribution in [0, 0.1) is 11.7 Å². The third kappa shape index (κ3) is 2.82. The minimum absolute atomic E-state index is 0.00967. The van der Waals surface area contributed by atoms with Crippen LogP contribution < -0.4 is 10.6 Å². The van der Waals surface area contributed by atoms with Crippen molar-refractivity contribution in [3.05, 3.63) is 30.1 Å². The molecular formula is C14H21FN2O. The molecule has 100 valence electrons. The van der Waals surface area contributed by atoms with Crippen molar-refractivity contribution < 1.29 is 9.50 Å². The van der Waals surface area contributed by atoms with Crippen LogP contribution >= 0.6 is 0 Å². The summed E-state index contributed by atoms with van der Waals surface area (Å²) in [6, 6.07) is 6.72. The van der Waals surface area contributed by atoms with Crippen LogP contribution in [0.4, 0.5) is 10.1 Å². The first kappa shape index (κ1) is 13.3. The zero-order chi connectivity index (χ0) is 13.1. The zero-order valence-electron chi connectivity index (χ0n) is 10.7. The summed E-state index contributed by atoms with van der Waals surface area (Å²) in [6.45, 7) is 3.27. The molecule has 1 fully saturated rings. The standard InChI is InChI=1S/C14H21FN2O/c1-2-14(18)10-7-11(16)9-17(8-10)13-6-4-3-5-12(13)15/h3-6,10-11,14,18H,2,7-9,16H2,1H3. The number of halogens is 1. The maximum Gasteiger partial charge on any atom is 0.146 e. The first-order valence-electron chi connectivity index (χ1n) is 6.55. The van der Waals surface area contributed by atoms with E-state index in [1.807, 2.05) is 17.9 Å². The number of hydrogen-bond acceptors (Lipinski definition) is 3. The Kier molecular flexibility index (Phi) is 4.19. The van der Waals surface area contributed by atoms with Crippen molar-refractivity contribution in [2.24, 2.45) is 11.7 Å². The lowest BCUT2D eigenvalue weighted by Gasteiger charge is -2.39. The van der Waals surface area contributed by atoms with Crippen LogP contribution in [-0.4, -0.2) is 30.3 Å². The first-order chi connectivity index (χ1) is 8.61. The van der Waals surface area contributed by atoms with Gasteiger partial charge >= 0.3 is 0 Å². The van der Waals surface area contributed by atoms with E-state index in [2.05, 4.69) is 0 Å². The molecule has 0 spiro atoms. The van der Waals surface area contributed by atoms with E-state index >= 15 is 0 Å². The highest BCUT2D eigenvalue weighted by atomic mass is 19.1. The number of anilines is 1. The molecule has 18 heavy (non-hydrogen) atoms. The Balaban J connectivity index is 2.16. The lowest BCUT2D eigenvalue weighted by Crippen LogP contribution is -2.50. The van der Waals surface area contributed by atoms with Crippen molar-refractivity contribution in [1.29, 1.82) is 0 Å². The average molecular weight is 252 g/mol. The van der Waals surface area contributed by atoms with Crippen LogP contribution in [0.3, 0.4) is 0 Å². The summed E-state index contributed by atoms with van der Waals surface area (Å²) in [5.41, 5.74) is 6.60. The van der Waals surface area contributed by atoms with Crippen molar-refractivity contribution in [3.8, 4) is 0 Å². The highest BCUT2D eigenvalue weighted by Crippen LogP contribution is 2.27. The van der Waals surface area contributed by atoms with Gasteiger partial charge in [0.2, 0.25) is 0 Å². The van der Waals surface area contributed by atoms with Gasteiger partial charge in [-0.05, 0) is 25.0 Å². The third-order valence-electron chi connectivity index (χ3n) is 3.67. The Bertz CT molecular complexity index is 399. The fraction of sp³-hybridized carbons (Fsp3) is 0.571. The third-order valence-corrected chi connectivity index (χ3v) is 3.67. The van der Waals surface area contributed by atoms with Gasteiger partial charge in [-0.2, -0.15) is 0 Å². The molecule has 1 aliphatic rings. The fourth-order valence-corrected chi connectivity index (χ4v) is 2.70. The van der Waals surface area contributed by atoms with Crippen LogP contribution in [0.15, 0.2) is 24.3 Å². The monoisotopic (exact) mass is 252 g/mol. The van der Waals surface area contributed by atoms with Gasteiger partial charge in [0.05, 0.1) is 11.8 Å². The first-order valence-corrected chi connectivity index (χ1v) is 6.55. The number of rotatable bonds is 3. The number of para-hydroxylation sites is 1. The van der Waals surface area contributed by atoms with E-state index in [9.17, 15) is 9.50 Å². The highest BCUT2D eigenvalue weighted by Gasteiger charge is 2.30. The molecule has 3 atom stereocenters. The Morgan fingerprint density at radius 3 is 2.83 bits per heavy atom. The van der Waals surface area contributed by atoms with Gasteiger partial charge < -0.3 is 15.7 Å². The van der Waals surface area contributed by atoms with Crippen LogP contribution in [0.2, 0.25) is 0 Å². The Labute approximate surface area is 107 Å². The molecule has 3 nitrogen and oxygen atoms in total. The van der Waals surface area contributed by atoms with Crippen molar-refractivity contribution in [2.45, 2.75) is 31.9 Å². The Hall–Kier alpha value is -1.13. The molecule has 1 aromatic carbocycles. The largest absolute Gasteiger partial charge is 0.393 e. The number of nitrogens with zero attached hydrogens (tertiary/aromatic N) is 1. The van der Waals surface area contributed by atoms with Gasteiger partial charge in [-0.25, -0.2) is 4.39 Å². The summed E-state index contributed by atoms with van der Waals surface area (Å²) < 4.78 is 13.8.